The van der Waals surface area contributed by atoms with Crippen molar-refractivity contribution >= 4 is 21.7 Å². The quantitative estimate of drug-likeness (QED) is 0.774. The van der Waals surface area contributed by atoms with Crippen LogP contribution in [0, 0.1) is 0 Å². The smallest absolute Gasteiger partial charge is 0.193 e. The minimum atomic E-state index is 0.00324. The maximum atomic E-state index is 11.9. The van der Waals surface area contributed by atoms with E-state index in [0.717, 1.165) is 22.9 Å². The maximum Gasteiger partial charge on any atom is 0.193 e. The first-order chi connectivity index (χ1) is 7.27. The molecule has 1 aromatic rings. The highest BCUT2D eigenvalue weighted by Crippen LogP contribution is 2.18. The third-order valence-corrected chi connectivity index (χ3v) is 2.63. The number of allylic oxidation sites excluding steroid dienone is 1. The lowest BCUT2D eigenvalue weighted by molar-refractivity contribution is 0.101. The van der Waals surface area contributed by atoms with Crippen LogP contribution in [0.5, 0.6) is 0 Å². The van der Waals surface area contributed by atoms with E-state index in [2.05, 4.69) is 20.9 Å². The van der Waals surface area contributed by atoms with Gasteiger partial charge in [0.25, 0.3) is 0 Å². The SMILES string of the molecule is O=C(C1=COCCC1)c1cncc(Br)c1. The molecule has 0 aromatic carbocycles. The zero-order valence-corrected chi connectivity index (χ0v) is 9.66. The molecular weight excluding hydrogens is 258 g/mol. The van der Waals surface area contributed by atoms with Gasteiger partial charge in [0.2, 0.25) is 0 Å². The lowest BCUT2D eigenvalue weighted by Crippen LogP contribution is -2.09. The molecule has 1 aliphatic rings. The molecule has 1 aliphatic heterocycles. The number of hydrogen-bond donors (Lipinski definition) is 0. The summed E-state index contributed by atoms with van der Waals surface area (Å²) in [5.41, 5.74) is 1.32. The molecule has 2 rings (SSSR count). The molecule has 0 atom stereocenters. The number of Topliss-reactive ketones (excluding diaryl/α,β-unsaturated/α-hetero) is 1. The number of ether oxygens (including phenoxy) is 1. The standard InChI is InChI=1S/C11H10BrNO2/c12-10-4-9(5-13-6-10)11(14)8-2-1-3-15-7-8/h4-7H,1-3H2. The minimum Gasteiger partial charge on any atom is -0.501 e. The van der Waals surface area contributed by atoms with Crippen molar-refractivity contribution in [2.45, 2.75) is 12.8 Å². The summed E-state index contributed by atoms with van der Waals surface area (Å²) >= 11 is 3.29. The van der Waals surface area contributed by atoms with E-state index in [9.17, 15) is 4.79 Å². The van der Waals surface area contributed by atoms with Gasteiger partial charge in [-0.3, -0.25) is 9.78 Å². The average molecular weight is 268 g/mol. The Bertz CT molecular complexity index is 415. The Morgan fingerprint density at radius 2 is 2.33 bits per heavy atom. The predicted octanol–water partition coefficient (Wildman–Crippen LogP) is 2.72. The molecule has 0 aliphatic carbocycles. The number of carbonyl (C=O) groups is 1. The molecular formula is C11H10BrNO2. The summed E-state index contributed by atoms with van der Waals surface area (Å²) in [6.07, 6.45) is 6.47. The van der Waals surface area contributed by atoms with Gasteiger partial charge in [0.15, 0.2) is 5.78 Å². The average Bonchev–Trinajstić information content (AvgIpc) is 2.29. The van der Waals surface area contributed by atoms with Gasteiger partial charge in [0.1, 0.15) is 0 Å². The molecule has 3 nitrogen and oxygen atoms in total. The van der Waals surface area contributed by atoms with E-state index in [4.69, 9.17) is 4.74 Å². The highest BCUT2D eigenvalue weighted by molar-refractivity contribution is 9.10. The molecule has 1 aromatic heterocycles. The Morgan fingerprint density at radius 3 is 3.00 bits per heavy atom. The topological polar surface area (TPSA) is 39.2 Å². The summed E-state index contributed by atoms with van der Waals surface area (Å²) < 4.78 is 5.95. The number of pyridine rings is 1. The zero-order valence-electron chi connectivity index (χ0n) is 8.07. The molecule has 0 spiro atoms. The van der Waals surface area contributed by atoms with Crippen LogP contribution in [-0.4, -0.2) is 17.4 Å². The van der Waals surface area contributed by atoms with Gasteiger partial charge in [-0.15, -0.1) is 0 Å². The van der Waals surface area contributed by atoms with E-state index < -0.39 is 0 Å². The predicted molar refractivity (Wildman–Crippen MR) is 59.5 cm³/mol. The van der Waals surface area contributed by atoms with Crippen LogP contribution < -0.4 is 0 Å². The summed E-state index contributed by atoms with van der Waals surface area (Å²) in [4.78, 5) is 15.9. The lowest BCUT2D eigenvalue weighted by Gasteiger charge is -2.12. The van der Waals surface area contributed by atoms with E-state index >= 15 is 0 Å². The first-order valence-electron chi connectivity index (χ1n) is 4.73. The lowest BCUT2D eigenvalue weighted by atomic mass is 10.0. The molecule has 78 valence electrons. The van der Waals surface area contributed by atoms with Crippen molar-refractivity contribution in [3.8, 4) is 0 Å². The highest BCUT2D eigenvalue weighted by atomic mass is 79.9. The maximum absolute atomic E-state index is 11.9. The van der Waals surface area contributed by atoms with E-state index in [1.807, 2.05) is 0 Å². The van der Waals surface area contributed by atoms with Gasteiger partial charge in [-0.05, 0) is 34.8 Å². The minimum absolute atomic E-state index is 0.00324. The number of carbonyl (C=O) groups excluding carboxylic acids is 1. The Kier molecular flexibility index (Phi) is 3.16. The van der Waals surface area contributed by atoms with Crippen LogP contribution in [0.2, 0.25) is 0 Å². The third-order valence-electron chi connectivity index (χ3n) is 2.19. The van der Waals surface area contributed by atoms with Gasteiger partial charge < -0.3 is 4.74 Å². The summed E-state index contributed by atoms with van der Waals surface area (Å²) in [5.74, 6) is 0.00324. The van der Waals surface area contributed by atoms with Gasteiger partial charge >= 0.3 is 0 Å². The van der Waals surface area contributed by atoms with Gasteiger partial charge in [-0.2, -0.15) is 0 Å². The van der Waals surface area contributed by atoms with Crippen molar-refractivity contribution in [3.63, 3.8) is 0 Å². The fourth-order valence-electron chi connectivity index (χ4n) is 1.45. The number of hydrogen-bond acceptors (Lipinski definition) is 3. The van der Waals surface area contributed by atoms with Crippen LogP contribution in [0.15, 0.2) is 34.8 Å². The monoisotopic (exact) mass is 267 g/mol. The summed E-state index contributed by atoms with van der Waals surface area (Å²) in [5, 5.41) is 0. The Balaban J connectivity index is 2.24. The molecule has 0 saturated heterocycles. The number of aromatic nitrogens is 1. The van der Waals surface area contributed by atoms with Gasteiger partial charge in [0.05, 0.1) is 12.9 Å². The summed E-state index contributed by atoms with van der Waals surface area (Å²) in [6, 6.07) is 1.77. The molecule has 0 radical (unpaired) electrons. The van der Waals surface area contributed by atoms with Crippen LogP contribution in [0.3, 0.4) is 0 Å². The molecule has 0 bridgehead atoms. The molecule has 2 heterocycles. The number of rotatable bonds is 2. The van der Waals surface area contributed by atoms with Crippen molar-refractivity contribution in [3.05, 3.63) is 40.3 Å². The molecule has 0 fully saturated rings. The van der Waals surface area contributed by atoms with Crippen molar-refractivity contribution in [1.82, 2.24) is 4.98 Å². The molecule has 0 N–H and O–H groups in total. The van der Waals surface area contributed by atoms with Crippen molar-refractivity contribution in [2.75, 3.05) is 6.61 Å². The van der Waals surface area contributed by atoms with E-state index in [-0.39, 0.29) is 5.78 Å². The van der Waals surface area contributed by atoms with Crippen LogP contribution in [0.4, 0.5) is 0 Å². The van der Waals surface area contributed by atoms with Crippen molar-refractivity contribution in [2.24, 2.45) is 0 Å². The summed E-state index contributed by atoms with van der Waals surface area (Å²) in [6.45, 7) is 0.702. The van der Waals surface area contributed by atoms with Crippen molar-refractivity contribution < 1.29 is 9.53 Å². The Hall–Kier alpha value is -1.16. The second-order valence-electron chi connectivity index (χ2n) is 3.34. The second kappa shape index (κ2) is 4.57. The van der Waals surface area contributed by atoms with Crippen LogP contribution in [-0.2, 0) is 4.74 Å². The fourth-order valence-corrected chi connectivity index (χ4v) is 1.82. The first kappa shape index (κ1) is 10.4. The molecule has 0 amide bonds. The van der Waals surface area contributed by atoms with Gasteiger partial charge in [0, 0.05) is 28.0 Å². The third kappa shape index (κ3) is 2.45. The second-order valence-corrected chi connectivity index (χ2v) is 4.25. The highest BCUT2D eigenvalue weighted by Gasteiger charge is 2.15. The number of ketones is 1. The zero-order chi connectivity index (χ0) is 10.7. The largest absolute Gasteiger partial charge is 0.501 e. The molecule has 4 heteroatoms. The molecule has 0 saturated carbocycles. The van der Waals surface area contributed by atoms with Crippen LogP contribution in [0.1, 0.15) is 23.2 Å². The van der Waals surface area contributed by atoms with E-state index in [1.165, 1.54) is 0 Å². The summed E-state index contributed by atoms with van der Waals surface area (Å²) in [7, 11) is 0. The number of halogens is 1. The Labute approximate surface area is 96.3 Å². The van der Waals surface area contributed by atoms with Crippen molar-refractivity contribution in [1.29, 1.82) is 0 Å². The van der Waals surface area contributed by atoms with Gasteiger partial charge in [-0.1, -0.05) is 0 Å². The molecule has 0 unspecified atom stereocenters. The van der Waals surface area contributed by atoms with Crippen LogP contribution in [0.25, 0.3) is 0 Å². The molecule has 15 heavy (non-hydrogen) atoms. The van der Waals surface area contributed by atoms with Crippen LogP contribution >= 0.6 is 15.9 Å². The fraction of sp³-hybridized carbons (Fsp3) is 0.273. The van der Waals surface area contributed by atoms with E-state index in [1.54, 1.807) is 24.7 Å². The number of nitrogens with zero attached hydrogens (tertiary/aromatic N) is 1. The first-order valence-corrected chi connectivity index (χ1v) is 5.52. The normalized spacial score (nSPS) is 15.4. The van der Waals surface area contributed by atoms with Gasteiger partial charge in [-0.25, -0.2) is 0 Å². The van der Waals surface area contributed by atoms with E-state index in [0.29, 0.717) is 12.2 Å². The Morgan fingerprint density at radius 1 is 1.47 bits per heavy atom.